The van der Waals surface area contributed by atoms with Gasteiger partial charge in [0.05, 0.1) is 11.5 Å². The molecule has 0 bridgehead atoms. The number of halogens is 3. The van der Waals surface area contributed by atoms with E-state index in [0.29, 0.717) is 25.8 Å². The Bertz CT molecular complexity index is 569. The zero-order valence-electron chi connectivity index (χ0n) is 14.2. The van der Waals surface area contributed by atoms with Crippen LogP contribution in [0.2, 0.25) is 0 Å². The number of benzene rings is 1. The van der Waals surface area contributed by atoms with Gasteiger partial charge in [0.2, 0.25) is 0 Å². The van der Waals surface area contributed by atoms with Gasteiger partial charge in [-0.2, -0.15) is 13.2 Å². The molecule has 0 heterocycles. The highest BCUT2D eigenvalue weighted by molar-refractivity contribution is 5.70. The molecule has 0 saturated heterocycles. The highest BCUT2D eigenvalue weighted by atomic mass is 19.4. The summed E-state index contributed by atoms with van der Waals surface area (Å²) in [5, 5.41) is 12.3. The van der Waals surface area contributed by atoms with Gasteiger partial charge in [0, 0.05) is 12.6 Å². The normalized spacial score (nSPS) is 22.4. The van der Waals surface area contributed by atoms with Crippen LogP contribution in [0.15, 0.2) is 24.3 Å². The Kier molecular flexibility index (Phi) is 6.70. The Morgan fingerprint density at radius 2 is 1.92 bits per heavy atom. The van der Waals surface area contributed by atoms with E-state index in [-0.39, 0.29) is 23.8 Å². The number of aliphatic carboxylic acids is 1. The lowest BCUT2D eigenvalue weighted by Crippen LogP contribution is -2.40. The van der Waals surface area contributed by atoms with Crippen molar-refractivity contribution in [3.8, 4) is 5.75 Å². The van der Waals surface area contributed by atoms with Gasteiger partial charge in [0.15, 0.2) is 0 Å². The zero-order chi connectivity index (χ0) is 18.4. The van der Waals surface area contributed by atoms with Crippen LogP contribution in [0.25, 0.3) is 0 Å². The molecule has 7 heteroatoms. The van der Waals surface area contributed by atoms with E-state index >= 15 is 0 Å². The molecule has 0 aliphatic heterocycles. The third-order valence-corrected chi connectivity index (χ3v) is 4.65. The maximum atomic E-state index is 13.0. The molecular weight excluding hydrogens is 335 g/mol. The van der Waals surface area contributed by atoms with E-state index in [1.54, 1.807) is 0 Å². The first-order valence-corrected chi connectivity index (χ1v) is 8.60. The van der Waals surface area contributed by atoms with Crippen molar-refractivity contribution < 1.29 is 27.8 Å². The summed E-state index contributed by atoms with van der Waals surface area (Å²) in [5.41, 5.74) is -0.768. The minimum atomic E-state index is -4.45. The molecule has 1 aliphatic carbocycles. The average molecular weight is 359 g/mol. The summed E-state index contributed by atoms with van der Waals surface area (Å²) in [6.45, 7) is 2.30. The Labute approximate surface area is 145 Å². The number of rotatable bonds is 7. The first-order chi connectivity index (χ1) is 11.8. The van der Waals surface area contributed by atoms with E-state index in [1.807, 2.05) is 6.92 Å². The van der Waals surface area contributed by atoms with Gasteiger partial charge in [-0.3, -0.25) is 4.79 Å². The van der Waals surface area contributed by atoms with Crippen LogP contribution in [0.3, 0.4) is 0 Å². The predicted molar refractivity (Wildman–Crippen MR) is 87.5 cm³/mol. The standard InChI is InChI=1S/C18H24F3NO3/c1-2-14(11-22-13-9-7-12(8-10-13)17(23)24)25-16-6-4-3-5-15(16)18(19,20)21/h3-6,12-14,22H,2,7-11H2,1H3,(H,23,24). The second-order valence-electron chi connectivity index (χ2n) is 6.44. The number of hydrogen-bond donors (Lipinski definition) is 2. The van der Waals surface area contributed by atoms with Crippen LogP contribution < -0.4 is 10.1 Å². The van der Waals surface area contributed by atoms with Crippen LogP contribution in [-0.4, -0.2) is 29.8 Å². The summed E-state index contributed by atoms with van der Waals surface area (Å²) in [6.07, 6.45) is -1.48. The minimum Gasteiger partial charge on any atom is -0.488 e. The first kappa shape index (κ1) is 19.6. The number of carboxylic acid groups (broad SMARTS) is 1. The van der Waals surface area contributed by atoms with E-state index in [2.05, 4.69) is 5.32 Å². The van der Waals surface area contributed by atoms with Crippen molar-refractivity contribution in [1.29, 1.82) is 0 Å². The molecule has 1 aromatic carbocycles. The maximum absolute atomic E-state index is 13.0. The minimum absolute atomic E-state index is 0.154. The molecule has 140 valence electrons. The fourth-order valence-corrected chi connectivity index (χ4v) is 3.10. The molecule has 1 atom stereocenters. The number of carboxylic acids is 1. The van der Waals surface area contributed by atoms with Gasteiger partial charge in [-0.05, 0) is 44.2 Å². The quantitative estimate of drug-likeness (QED) is 0.770. The van der Waals surface area contributed by atoms with Gasteiger partial charge >= 0.3 is 12.1 Å². The Morgan fingerprint density at radius 3 is 2.48 bits per heavy atom. The van der Waals surface area contributed by atoms with Crippen molar-refractivity contribution in [2.24, 2.45) is 5.92 Å². The van der Waals surface area contributed by atoms with Crippen LogP contribution in [0.5, 0.6) is 5.75 Å². The molecule has 1 aromatic rings. The molecule has 2 rings (SSSR count). The Hall–Kier alpha value is -1.76. The summed E-state index contributed by atoms with van der Waals surface area (Å²) < 4.78 is 44.7. The number of carbonyl (C=O) groups is 1. The molecular formula is C18H24F3NO3. The third kappa shape index (κ3) is 5.63. The van der Waals surface area contributed by atoms with Crippen molar-refractivity contribution >= 4 is 5.97 Å². The molecule has 1 aliphatic rings. The van der Waals surface area contributed by atoms with Crippen LogP contribution in [0.4, 0.5) is 13.2 Å². The van der Waals surface area contributed by atoms with Crippen LogP contribution in [-0.2, 0) is 11.0 Å². The second-order valence-corrected chi connectivity index (χ2v) is 6.44. The van der Waals surface area contributed by atoms with Crippen molar-refractivity contribution in [1.82, 2.24) is 5.32 Å². The molecule has 0 spiro atoms. The van der Waals surface area contributed by atoms with Gasteiger partial charge in [-0.1, -0.05) is 19.1 Å². The Balaban J connectivity index is 1.89. The lowest BCUT2D eigenvalue weighted by atomic mass is 9.86. The van der Waals surface area contributed by atoms with Gasteiger partial charge < -0.3 is 15.2 Å². The summed E-state index contributed by atoms with van der Waals surface area (Å²) >= 11 is 0. The van der Waals surface area contributed by atoms with E-state index in [1.165, 1.54) is 18.2 Å². The smallest absolute Gasteiger partial charge is 0.419 e. The number of ether oxygens (including phenoxy) is 1. The highest BCUT2D eigenvalue weighted by Gasteiger charge is 2.34. The second kappa shape index (κ2) is 8.56. The molecule has 0 amide bonds. The number of para-hydroxylation sites is 1. The van der Waals surface area contributed by atoms with E-state index in [0.717, 1.165) is 18.9 Å². The van der Waals surface area contributed by atoms with Crippen molar-refractivity contribution in [3.05, 3.63) is 29.8 Å². The first-order valence-electron chi connectivity index (χ1n) is 8.60. The van der Waals surface area contributed by atoms with E-state index in [4.69, 9.17) is 9.84 Å². The maximum Gasteiger partial charge on any atom is 0.419 e. The summed E-state index contributed by atoms with van der Waals surface area (Å²) in [4.78, 5) is 11.0. The van der Waals surface area contributed by atoms with Crippen molar-refractivity contribution in [3.63, 3.8) is 0 Å². The van der Waals surface area contributed by atoms with Gasteiger partial charge in [0.1, 0.15) is 11.9 Å². The number of alkyl halides is 3. The summed E-state index contributed by atoms with van der Waals surface area (Å²) in [7, 11) is 0. The fraction of sp³-hybridized carbons (Fsp3) is 0.611. The van der Waals surface area contributed by atoms with Gasteiger partial charge in [0.25, 0.3) is 0 Å². The monoisotopic (exact) mass is 359 g/mol. The summed E-state index contributed by atoms with van der Waals surface area (Å²) in [5.74, 6) is -1.19. The molecule has 1 fully saturated rings. The molecule has 0 aromatic heterocycles. The lowest BCUT2D eigenvalue weighted by Gasteiger charge is -2.29. The SMILES string of the molecule is CCC(CNC1CCC(C(=O)O)CC1)Oc1ccccc1C(F)(F)F. The van der Waals surface area contributed by atoms with Gasteiger partial charge in [-0.15, -0.1) is 0 Å². The van der Waals surface area contributed by atoms with E-state index in [9.17, 15) is 18.0 Å². The molecule has 0 radical (unpaired) electrons. The Morgan fingerprint density at radius 1 is 1.28 bits per heavy atom. The van der Waals surface area contributed by atoms with E-state index < -0.39 is 17.7 Å². The molecule has 1 saturated carbocycles. The summed E-state index contributed by atoms with van der Waals surface area (Å²) in [6, 6.07) is 5.41. The van der Waals surface area contributed by atoms with Crippen LogP contribution in [0.1, 0.15) is 44.6 Å². The molecule has 25 heavy (non-hydrogen) atoms. The number of nitrogens with one attached hydrogen (secondary N) is 1. The highest BCUT2D eigenvalue weighted by Crippen LogP contribution is 2.36. The third-order valence-electron chi connectivity index (χ3n) is 4.65. The van der Waals surface area contributed by atoms with Crippen molar-refractivity contribution in [2.75, 3.05) is 6.54 Å². The molecule has 4 nitrogen and oxygen atoms in total. The predicted octanol–water partition coefficient (Wildman–Crippen LogP) is 4.10. The average Bonchev–Trinajstić information content (AvgIpc) is 2.58. The lowest BCUT2D eigenvalue weighted by molar-refractivity contribution is -0.143. The topological polar surface area (TPSA) is 58.6 Å². The fourth-order valence-electron chi connectivity index (χ4n) is 3.10. The van der Waals surface area contributed by atoms with Crippen LogP contribution >= 0.6 is 0 Å². The largest absolute Gasteiger partial charge is 0.488 e. The van der Waals surface area contributed by atoms with Crippen LogP contribution in [0, 0.1) is 5.92 Å². The molecule has 1 unspecified atom stereocenters. The van der Waals surface area contributed by atoms with Gasteiger partial charge in [-0.25, -0.2) is 0 Å². The zero-order valence-corrected chi connectivity index (χ0v) is 14.2. The number of hydrogen-bond acceptors (Lipinski definition) is 3. The van der Waals surface area contributed by atoms with Crippen molar-refractivity contribution in [2.45, 2.75) is 57.3 Å². The molecule has 2 N–H and O–H groups in total.